The maximum absolute atomic E-state index is 14.3. The van der Waals surface area contributed by atoms with Gasteiger partial charge < -0.3 is 24.4 Å². The summed E-state index contributed by atoms with van der Waals surface area (Å²) in [6.07, 6.45) is 4.81. The molecule has 0 unspecified atom stereocenters. The maximum Gasteiger partial charge on any atom is 0.261 e. The van der Waals surface area contributed by atoms with Crippen LogP contribution in [0.15, 0.2) is 78.0 Å². The van der Waals surface area contributed by atoms with E-state index in [1.54, 1.807) is 78.6 Å². The molecule has 2 aromatic carbocycles. The van der Waals surface area contributed by atoms with Crippen LogP contribution in [0.1, 0.15) is 60.7 Å². The Morgan fingerprint density at radius 1 is 1.11 bits per heavy atom. The molecule has 2 N–H and O–H groups in total. The van der Waals surface area contributed by atoms with E-state index in [1.807, 2.05) is 13.8 Å². The van der Waals surface area contributed by atoms with Gasteiger partial charge in [0.1, 0.15) is 5.75 Å². The van der Waals surface area contributed by atoms with Gasteiger partial charge in [0, 0.05) is 56.3 Å². The number of amides is 2. The number of rotatable bonds is 8. The first-order chi connectivity index (χ1) is 22.0. The number of aromatic nitrogens is 1. The SMILES string of the molecule is C[C@H](CO)N1C[C@H](C)[C@H](CN(C)C(=O)c2ccncc2)OCCCC[C@H](C)Oc2ccc(NS(=O)(=O)c3ccccc3)cc2C1=O. The smallest absolute Gasteiger partial charge is 0.261 e. The van der Waals surface area contributed by atoms with Crippen molar-refractivity contribution >= 4 is 27.5 Å². The number of hydrogen-bond donors (Lipinski definition) is 2. The molecule has 248 valence electrons. The summed E-state index contributed by atoms with van der Waals surface area (Å²) in [4.78, 5) is 34.7. The Hall–Kier alpha value is -4.00. The van der Waals surface area contributed by atoms with Gasteiger partial charge in [-0.3, -0.25) is 19.3 Å². The van der Waals surface area contributed by atoms with Gasteiger partial charge in [-0.15, -0.1) is 0 Å². The second-order valence-corrected chi connectivity index (χ2v) is 13.5. The van der Waals surface area contributed by atoms with Crippen molar-refractivity contribution in [1.29, 1.82) is 0 Å². The minimum Gasteiger partial charge on any atom is -0.490 e. The number of aliphatic hydroxyl groups excluding tert-OH is 1. The molecule has 2 amide bonds. The summed E-state index contributed by atoms with van der Waals surface area (Å²) in [7, 11) is -2.20. The molecule has 0 spiro atoms. The standard InChI is InChI=1S/C34H44N4O7S/c1-24-21-38(25(2)23-39)34(41)30-20-28(36-46(42,43)29-11-6-5-7-12-29)13-14-31(30)45-26(3)10-8-9-19-44-32(24)22-37(4)33(40)27-15-17-35-18-16-27/h5-7,11-18,20,24-26,32,36,39H,8-10,19,21-23H2,1-4H3/t24-,25+,26-,32-/m0/s1. The Labute approximate surface area is 271 Å². The Morgan fingerprint density at radius 3 is 2.52 bits per heavy atom. The van der Waals surface area contributed by atoms with E-state index in [1.165, 1.54) is 18.2 Å². The zero-order valence-corrected chi connectivity index (χ0v) is 27.7. The van der Waals surface area contributed by atoms with Crippen LogP contribution in [-0.4, -0.2) is 91.7 Å². The van der Waals surface area contributed by atoms with E-state index in [9.17, 15) is 23.1 Å². The number of sulfonamides is 1. The number of fused-ring (bicyclic) bond motifs is 1. The summed E-state index contributed by atoms with van der Waals surface area (Å²) in [5, 5.41) is 10.2. The van der Waals surface area contributed by atoms with E-state index < -0.39 is 28.1 Å². The lowest BCUT2D eigenvalue weighted by Crippen LogP contribution is -2.48. The second kappa shape index (κ2) is 16.0. The van der Waals surface area contributed by atoms with Crippen LogP contribution in [0.4, 0.5) is 5.69 Å². The van der Waals surface area contributed by atoms with E-state index >= 15 is 0 Å². The van der Waals surface area contributed by atoms with Gasteiger partial charge in [-0.2, -0.15) is 0 Å². The number of ether oxygens (including phenoxy) is 2. The molecule has 0 aliphatic carbocycles. The fraction of sp³-hybridized carbons (Fsp3) is 0.441. The Bertz CT molecular complexity index is 1560. The van der Waals surface area contributed by atoms with Crippen molar-refractivity contribution in [3.05, 3.63) is 84.2 Å². The molecule has 4 atom stereocenters. The van der Waals surface area contributed by atoms with Gasteiger partial charge in [-0.05, 0) is 75.6 Å². The van der Waals surface area contributed by atoms with Crippen molar-refractivity contribution in [2.75, 3.05) is 38.1 Å². The summed E-state index contributed by atoms with van der Waals surface area (Å²) < 4.78 is 41.3. The molecule has 4 rings (SSSR count). The monoisotopic (exact) mass is 652 g/mol. The number of carbonyl (C=O) groups is 2. The lowest BCUT2D eigenvalue weighted by Gasteiger charge is -2.36. The van der Waals surface area contributed by atoms with Gasteiger partial charge >= 0.3 is 0 Å². The van der Waals surface area contributed by atoms with Gasteiger partial charge in [-0.25, -0.2) is 8.42 Å². The van der Waals surface area contributed by atoms with Crippen LogP contribution in [-0.2, 0) is 14.8 Å². The third kappa shape index (κ3) is 9.05. The molecule has 0 fully saturated rings. The van der Waals surface area contributed by atoms with Crippen LogP contribution in [0.25, 0.3) is 0 Å². The Morgan fingerprint density at radius 2 is 1.83 bits per heavy atom. The number of hydrogen-bond acceptors (Lipinski definition) is 8. The number of nitrogens with zero attached hydrogens (tertiary/aromatic N) is 3. The van der Waals surface area contributed by atoms with Crippen LogP contribution in [0.5, 0.6) is 5.75 Å². The summed E-state index contributed by atoms with van der Waals surface area (Å²) in [5.41, 5.74) is 0.892. The zero-order valence-electron chi connectivity index (χ0n) is 26.8. The lowest BCUT2D eigenvalue weighted by atomic mass is 10.0. The minimum atomic E-state index is -3.91. The molecule has 3 aromatic rings. The average Bonchev–Trinajstić information content (AvgIpc) is 3.06. The summed E-state index contributed by atoms with van der Waals surface area (Å²) >= 11 is 0. The van der Waals surface area contributed by atoms with Crippen molar-refractivity contribution in [2.45, 2.75) is 63.2 Å². The normalized spacial score (nSPS) is 20.5. The molecule has 0 radical (unpaired) electrons. The molecule has 1 aliphatic rings. The molecular weight excluding hydrogens is 608 g/mol. The number of anilines is 1. The lowest BCUT2D eigenvalue weighted by molar-refractivity contribution is -0.0149. The summed E-state index contributed by atoms with van der Waals surface area (Å²) in [6, 6.07) is 15.4. The molecule has 0 bridgehead atoms. The number of carbonyl (C=O) groups excluding carboxylic acids is 2. The number of pyridine rings is 1. The highest BCUT2D eigenvalue weighted by molar-refractivity contribution is 7.92. The Kier molecular flexibility index (Phi) is 12.1. The van der Waals surface area contributed by atoms with Crippen molar-refractivity contribution in [1.82, 2.24) is 14.8 Å². The van der Waals surface area contributed by atoms with E-state index in [0.29, 0.717) is 30.9 Å². The third-order valence-electron chi connectivity index (χ3n) is 8.09. The molecule has 12 heteroatoms. The van der Waals surface area contributed by atoms with Gasteiger partial charge in [0.25, 0.3) is 21.8 Å². The van der Waals surface area contributed by atoms with Gasteiger partial charge in [0.05, 0.1) is 35.3 Å². The van der Waals surface area contributed by atoms with Crippen molar-refractivity contribution in [3.63, 3.8) is 0 Å². The first kappa shape index (κ1) is 34.9. The summed E-state index contributed by atoms with van der Waals surface area (Å²) in [6.45, 7) is 6.30. The van der Waals surface area contributed by atoms with Gasteiger partial charge in [0.2, 0.25) is 0 Å². The quantitative estimate of drug-likeness (QED) is 0.364. The van der Waals surface area contributed by atoms with Crippen LogP contribution in [0, 0.1) is 5.92 Å². The number of nitrogens with one attached hydrogen (secondary N) is 1. The number of benzene rings is 2. The molecule has 1 aliphatic heterocycles. The molecule has 11 nitrogen and oxygen atoms in total. The second-order valence-electron chi connectivity index (χ2n) is 11.9. The molecular formula is C34H44N4O7S. The first-order valence-electron chi connectivity index (χ1n) is 15.6. The predicted molar refractivity (Wildman–Crippen MR) is 175 cm³/mol. The van der Waals surface area contributed by atoms with Crippen LogP contribution >= 0.6 is 0 Å². The largest absolute Gasteiger partial charge is 0.490 e. The molecule has 46 heavy (non-hydrogen) atoms. The fourth-order valence-electron chi connectivity index (χ4n) is 5.33. The fourth-order valence-corrected chi connectivity index (χ4v) is 6.40. The Balaban J connectivity index is 1.66. The third-order valence-corrected chi connectivity index (χ3v) is 9.48. The topological polar surface area (TPSA) is 138 Å². The zero-order chi connectivity index (χ0) is 33.3. The van der Waals surface area contributed by atoms with Crippen molar-refractivity contribution in [3.8, 4) is 5.75 Å². The van der Waals surface area contributed by atoms with Gasteiger partial charge in [0.15, 0.2) is 0 Å². The average molecular weight is 653 g/mol. The molecule has 1 aromatic heterocycles. The molecule has 0 saturated heterocycles. The maximum atomic E-state index is 14.3. The summed E-state index contributed by atoms with van der Waals surface area (Å²) in [5.74, 6) is -0.500. The highest BCUT2D eigenvalue weighted by Gasteiger charge is 2.31. The highest BCUT2D eigenvalue weighted by atomic mass is 32.2. The molecule has 2 heterocycles. The predicted octanol–water partition coefficient (Wildman–Crippen LogP) is 4.45. The first-order valence-corrected chi connectivity index (χ1v) is 17.1. The molecule has 0 saturated carbocycles. The van der Waals surface area contributed by atoms with E-state index in [2.05, 4.69) is 9.71 Å². The van der Waals surface area contributed by atoms with Crippen LogP contribution < -0.4 is 9.46 Å². The van der Waals surface area contributed by atoms with Crippen molar-refractivity contribution < 1.29 is 32.6 Å². The van der Waals surface area contributed by atoms with Crippen molar-refractivity contribution in [2.24, 2.45) is 5.92 Å². The van der Waals surface area contributed by atoms with E-state index in [-0.39, 0.29) is 47.2 Å². The number of aliphatic hydroxyl groups is 1. The van der Waals surface area contributed by atoms with Crippen LogP contribution in [0.3, 0.4) is 0 Å². The van der Waals surface area contributed by atoms with Gasteiger partial charge in [-0.1, -0.05) is 25.1 Å². The highest BCUT2D eigenvalue weighted by Crippen LogP contribution is 2.29. The number of likely N-dealkylation sites (N-methyl/N-ethyl adjacent to an activating group) is 1. The van der Waals surface area contributed by atoms with E-state index in [0.717, 1.165) is 12.8 Å². The minimum absolute atomic E-state index is 0.0917. The van der Waals surface area contributed by atoms with Crippen LogP contribution in [0.2, 0.25) is 0 Å². The van der Waals surface area contributed by atoms with E-state index in [4.69, 9.17) is 9.47 Å².